The zero-order valence-electron chi connectivity index (χ0n) is 13.4. The molecule has 1 aliphatic carbocycles. The first kappa shape index (κ1) is 15.4. The van der Waals surface area contributed by atoms with Crippen LogP contribution in [0.3, 0.4) is 0 Å². The van der Waals surface area contributed by atoms with Crippen LogP contribution in [0.5, 0.6) is 0 Å². The number of ether oxygens (including phenoxy) is 1. The lowest BCUT2D eigenvalue weighted by atomic mass is 10.1. The number of nitrogens with zero attached hydrogens (tertiary/aromatic N) is 3. The largest absolute Gasteiger partial charge is 0.366 e. The Balaban J connectivity index is 1.74. The maximum absolute atomic E-state index is 13.0. The van der Waals surface area contributed by atoms with Crippen LogP contribution < -0.4 is 0 Å². The van der Waals surface area contributed by atoms with Gasteiger partial charge in [-0.25, -0.2) is 0 Å². The number of carbonyl (C=O) groups is 1. The summed E-state index contributed by atoms with van der Waals surface area (Å²) in [4.78, 5) is 21.7. The van der Waals surface area contributed by atoms with Crippen LogP contribution in [0.4, 0.5) is 0 Å². The molecule has 0 spiro atoms. The summed E-state index contributed by atoms with van der Waals surface area (Å²) in [6.07, 6.45) is 3.64. The highest BCUT2D eigenvalue weighted by molar-refractivity contribution is 5.82. The highest BCUT2D eigenvalue weighted by atomic mass is 16.5. The molecule has 1 aromatic rings. The van der Waals surface area contributed by atoms with Crippen molar-refractivity contribution in [3.63, 3.8) is 0 Å². The Kier molecular flexibility index (Phi) is 4.74. The van der Waals surface area contributed by atoms with Crippen LogP contribution in [0, 0.1) is 0 Å². The second kappa shape index (κ2) is 6.75. The molecule has 1 saturated carbocycles. The molecule has 2 aliphatic rings. The third kappa shape index (κ3) is 3.31. The number of carbonyl (C=O) groups excluding carboxylic acids is 1. The van der Waals surface area contributed by atoms with E-state index >= 15 is 0 Å². The van der Waals surface area contributed by atoms with Crippen molar-refractivity contribution in [3.8, 4) is 0 Å². The molecule has 2 fully saturated rings. The van der Waals surface area contributed by atoms with Gasteiger partial charge in [0.1, 0.15) is 6.10 Å². The summed E-state index contributed by atoms with van der Waals surface area (Å²) in [7, 11) is 0. The summed E-state index contributed by atoms with van der Waals surface area (Å²) < 4.78 is 5.76. The Labute approximate surface area is 132 Å². The van der Waals surface area contributed by atoms with Crippen LogP contribution in [-0.4, -0.2) is 59.1 Å². The van der Waals surface area contributed by atoms with Gasteiger partial charge in [-0.05, 0) is 38.4 Å². The molecule has 120 valence electrons. The molecule has 1 aliphatic heterocycles. The number of pyridine rings is 1. The van der Waals surface area contributed by atoms with E-state index in [1.165, 1.54) is 0 Å². The molecule has 0 aromatic carbocycles. The fourth-order valence-corrected chi connectivity index (χ4v) is 3.11. The lowest BCUT2D eigenvalue weighted by Gasteiger charge is -2.36. The Bertz CT molecular complexity index is 504. The van der Waals surface area contributed by atoms with Crippen molar-refractivity contribution in [2.45, 2.75) is 44.9 Å². The van der Waals surface area contributed by atoms with Gasteiger partial charge < -0.3 is 9.64 Å². The monoisotopic (exact) mass is 303 g/mol. The van der Waals surface area contributed by atoms with Gasteiger partial charge >= 0.3 is 0 Å². The normalized spacial score (nSPS) is 24.0. The van der Waals surface area contributed by atoms with E-state index in [2.05, 4.69) is 23.7 Å². The fourth-order valence-electron chi connectivity index (χ4n) is 3.11. The minimum Gasteiger partial charge on any atom is -0.366 e. The Morgan fingerprint density at radius 1 is 1.50 bits per heavy atom. The predicted molar refractivity (Wildman–Crippen MR) is 84.4 cm³/mol. The number of amides is 1. The van der Waals surface area contributed by atoms with Crippen LogP contribution >= 0.6 is 0 Å². The van der Waals surface area contributed by atoms with Crippen molar-refractivity contribution in [1.29, 1.82) is 0 Å². The molecule has 2 atom stereocenters. The van der Waals surface area contributed by atoms with Gasteiger partial charge in [-0.3, -0.25) is 14.7 Å². The topological polar surface area (TPSA) is 45.7 Å². The van der Waals surface area contributed by atoms with Crippen LogP contribution in [0.2, 0.25) is 0 Å². The molecule has 5 heteroatoms. The minimum atomic E-state index is -0.333. The number of hydrogen-bond donors (Lipinski definition) is 0. The molecule has 0 bridgehead atoms. The number of aromatic nitrogens is 1. The maximum atomic E-state index is 13.0. The van der Waals surface area contributed by atoms with Gasteiger partial charge in [0, 0.05) is 25.3 Å². The average molecular weight is 303 g/mol. The molecular formula is C17H25N3O2. The van der Waals surface area contributed by atoms with Crippen molar-refractivity contribution >= 4 is 5.91 Å². The Hall–Kier alpha value is -1.46. The van der Waals surface area contributed by atoms with Gasteiger partial charge in [-0.15, -0.1) is 0 Å². The lowest BCUT2D eigenvalue weighted by Crippen LogP contribution is -2.52. The summed E-state index contributed by atoms with van der Waals surface area (Å²) in [5.41, 5.74) is 0.950. The number of hydrogen-bond acceptors (Lipinski definition) is 4. The van der Waals surface area contributed by atoms with Crippen molar-refractivity contribution in [2.24, 2.45) is 0 Å². The summed E-state index contributed by atoms with van der Waals surface area (Å²) in [5, 5.41) is 0. The molecular weight excluding hydrogens is 278 g/mol. The Morgan fingerprint density at radius 3 is 2.95 bits per heavy atom. The highest BCUT2D eigenvalue weighted by Gasteiger charge is 2.40. The van der Waals surface area contributed by atoms with Crippen molar-refractivity contribution in [2.75, 3.05) is 26.2 Å². The molecule has 22 heavy (non-hydrogen) atoms. The first-order valence-electron chi connectivity index (χ1n) is 8.27. The zero-order valence-corrected chi connectivity index (χ0v) is 13.4. The highest BCUT2D eigenvalue weighted by Crippen LogP contribution is 2.34. The van der Waals surface area contributed by atoms with Gasteiger partial charge in [0.15, 0.2) is 0 Å². The molecule has 5 nitrogen and oxygen atoms in total. The zero-order chi connectivity index (χ0) is 15.5. The fraction of sp³-hybridized carbons (Fsp3) is 0.647. The molecule has 0 N–H and O–H groups in total. The van der Waals surface area contributed by atoms with E-state index < -0.39 is 0 Å². The van der Waals surface area contributed by atoms with E-state index in [9.17, 15) is 4.79 Å². The van der Waals surface area contributed by atoms with E-state index in [0.29, 0.717) is 19.2 Å². The average Bonchev–Trinajstić information content (AvgIpc) is 3.40. The summed E-state index contributed by atoms with van der Waals surface area (Å²) >= 11 is 0. The third-order valence-electron chi connectivity index (χ3n) is 4.60. The molecule has 1 amide bonds. The summed E-state index contributed by atoms with van der Waals surface area (Å²) in [6.45, 7) is 7.42. The first-order chi connectivity index (χ1) is 10.7. The second-order valence-electron chi connectivity index (χ2n) is 6.16. The van der Waals surface area contributed by atoms with Crippen LogP contribution in [0.1, 0.15) is 38.4 Å². The van der Waals surface area contributed by atoms with E-state index in [4.69, 9.17) is 4.74 Å². The van der Waals surface area contributed by atoms with Gasteiger partial charge in [0.2, 0.25) is 0 Å². The van der Waals surface area contributed by atoms with Gasteiger partial charge in [-0.1, -0.05) is 13.0 Å². The summed E-state index contributed by atoms with van der Waals surface area (Å²) in [5.74, 6) is 0.124. The van der Waals surface area contributed by atoms with Crippen molar-refractivity contribution < 1.29 is 9.53 Å². The predicted octanol–water partition coefficient (Wildman–Crippen LogP) is 1.85. The minimum absolute atomic E-state index is 0.00167. The third-order valence-corrected chi connectivity index (χ3v) is 4.60. The van der Waals surface area contributed by atoms with Crippen molar-refractivity contribution in [1.82, 2.24) is 14.8 Å². The number of rotatable bonds is 5. The molecule has 3 rings (SSSR count). The number of likely N-dealkylation sites (N-methyl/N-ethyl adjacent to an activating group) is 1. The standard InChI is InChI=1S/C17H25N3O2/c1-3-19-10-11-22-16(12-19)17(21)20(14-7-8-14)13(2)15-6-4-5-9-18-15/h4-6,9,13-14,16H,3,7-8,10-12H2,1-2H3. The van der Waals surface area contributed by atoms with Crippen LogP contribution in [0.25, 0.3) is 0 Å². The maximum Gasteiger partial charge on any atom is 0.253 e. The van der Waals surface area contributed by atoms with Gasteiger partial charge in [-0.2, -0.15) is 0 Å². The SMILES string of the molecule is CCN1CCOC(C(=O)N(C2CC2)C(C)c2ccccn2)C1. The lowest BCUT2D eigenvalue weighted by molar-refractivity contribution is -0.152. The molecule has 2 heterocycles. The molecule has 1 aromatic heterocycles. The van der Waals surface area contributed by atoms with E-state index in [1.807, 2.05) is 23.1 Å². The van der Waals surface area contributed by atoms with Crippen LogP contribution in [-0.2, 0) is 9.53 Å². The molecule has 1 saturated heterocycles. The molecule has 2 unspecified atom stereocenters. The van der Waals surface area contributed by atoms with E-state index in [-0.39, 0.29) is 18.1 Å². The quantitative estimate of drug-likeness (QED) is 0.833. The Morgan fingerprint density at radius 2 is 2.32 bits per heavy atom. The number of morpholine rings is 1. The van der Waals surface area contributed by atoms with Crippen LogP contribution in [0.15, 0.2) is 24.4 Å². The van der Waals surface area contributed by atoms with E-state index in [0.717, 1.165) is 31.6 Å². The summed E-state index contributed by atoms with van der Waals surface area (Å²) in [6, 6.07) is 6.23. The molecule has 0 radical (unpaired) electrons. The van der Waals surface area contributed by atoms with Gasteiger partial charge in [0.05, 0.1) is 18.3 Å². The smallest absolute Gasteiger partial charge is 0.253 e. The van der Waals surface area contributed by atoms with Crippen molar-refractivity contribution in [3.05, 3.63) is 30.1 Å². The first-order valence-corrected chi connectivity index (χ1v) is 8.27. The second-order valence-corrected chi connectivity index (χ2v) is 6.16. The van der Waals surface area contributed by atoms with E-state index in [1.54, 1.807) is 6.20 Å². The van der Waals surface area contributed by atoms with Gasteiger partial charge in [0.25, 0.3) is 5.91 Å².